The molecule has 0 fully saturated rings. The van der Waals surface area contributed by atoms with Crippen LogP contribution in [-0.4, -0.2) is 19.5 Å². The van der Waals surface area contributed by atoms with Gasteiger partial charge in [-0.1, -0.05) is 13.8 Å². The molecular weight excluding hydrogens is 208 g/mol. The SMILES string of the molecule is CC.Cn1cc(-c2ncc[nH]2)c(=O)[nH]c1=O. The topological polar surface area (TPSA) is 83.5 Å². The number of nitrogens with zero attached hydrogens (tertiary/aromatic N) is 2. The normalized spacial score (nSPS) is 9.44. The van der Waals surface area contributed by atoms with Crippen LogP contribution in [0.2, 0.25) is 0 Å². The Hall–Kier alpha value is -2.11. The molecule has 16 heavy (non-hydrogen) atoms. The van der Waals surface area contributed by atoms with Crippen molar-refractivity contribution in [2.45, 2.75) is 13.8 Å². The summed E-state index contributed by atoms with van der Waals surface area (Å²) in [6, 6.07) is 0. The summed E-state index contributed by atoms with van der Waals surface area (Å²) in [5.74, 6) is 0.446. The smallest absolute Gasteiger partial charge is 0.328 e. The van der Waals surface area contributed by atoms with E-state index in [1.165, 1.54) is 10.8 Å². The Morgan fingerprint density at radius 1 is 1.31 bits per heavy atom. The molecule has 0 radical (unpaired) electrons. The summed E-state index contributed by atoms with van der Waals surface area (Å²) in [6.45, 7) is 4.00. The van der Waals surface area contributed by atoms with Crippen LogP contribution in [0.25, 0.3) is 11.4 Å². The number of nitrogens with one attached hydrogen (secondary N) is 2. The minimum atomic E-state index is -0.442. The van der Waals surface area contributed by atoms with E-state index in [9.17, 15) is 9.59 Å². The lowest BCUT2D eigenvalue weighted by Crippen LogP contribution is -2.28. The summed E-state index contributed by atoms with van der Waals surface area (Å²) in [5, 5.41) is 0. The summed E-state index contributed by atoms with van der Waals surface area (Å²) < 4.78 is 1.29. The van der Waals surface area contributed by atoms with Gasteiger partial charge in [0.05, 0.1) is 5.56 Å². The third-order valence-corrected chi connectivity index (χ3v) is 1.86. The molecule has 2 aromatic heterocycles. The fourth-order valence-electron chi connectivity index (χ4n) is 1.14. The number of rotatable bonds is 1. The highest BCUT2D eigenvalue weighted by Gasteiger charge is 2.06. The Morgan fingerprint density at radius 2 is 2.00 bits per heavy atom. The zero-order valence-electron chi connectivity index (χ0n) is 9.44. The Morgan fingerprint density at radius 3 is 2.56 bits per heavy atom. The highest BCUT2D eigenvalue weighted by Crippen LogP contribution is 2.05. The Labute approximate surface area is 92.0 Å². The lowest BCUT2D eigenvalue weighted by atomic mass is 10.3. The summed E-state index contributed by atoms with van der Waals surface area (Å²) in [6.07, 6.45) is 4.60. The van der Waals surface area contributed by atoms with Crippen molar-refractivity contribution in [2.24, 2.45) is 7.05 Å². The van der Waals surface area contributed by atoms with Crippen LogP contribution < -0.4 is 11.2 Å². The van der Waals surface area contributed by atoms with Gasteiger partial charge < -0.3 is 9.55 Å². The van der Waals surface area contributed by atoms with Crippen LogP contribution in [0.15, 0.2) is 28.2 Å². The zero-order valence-corrected chi connectivity index (χ0v) is 9.44. The van der Waals surface area contributed by atoms with Crippen molar-refractivity contribution in [3.63, 3.8) is 0 Å². The number of hydrogen-bond donors (Lipinski definition) is 2. The average molecular weight is 222 g/mol. The summed E-state index contributed by atoms with van der Waals surface area (Å²) in [5.41, 5.74) is -0.537. The lowest BCUT2D eigenvalue weighted by Gasteiger charge is -1.98. The van der Waals surface area contributed by atoms with Gasteiger partial charge in [-0.3, -0.25) is 9.78 Å². The third kappa shape index (κ3) is 2.28. The molecule has 0 saturated carbocycles. The third-order valence-electron chi connectivity index (χ3n) is 1.86. The summed E-state index contributed by atoms with van der Waals surface area (Å²) >= 11 is 0. The molecule has 0 amide bonds. The maximum Gasteiger partial charge on any atom is 0.328 e. The molecule has 0 aromatic carbocycles. The minimum absolute atomic E-state index is 0.345. The largest absolute Gasteiger partial charge is 0.344 e. The quantitative estimate of drug-likeness (QED) is 0.736. The molecule has 0 unspecified atom stereocenters. The highest BCUT2D eigenvalue weighted by atomic mass is 16.2. The Bertz CT molecular complexity index is 551. The van der Waals surface area contributed by atoms with Gasteiger partial charge in [-0.25, -0.2) is 9.78 Å². The molecule has 0 saturated heterocycles. The number of aromatic nitrogens is 4. The van der Waals surface area contributed by atoms with Crippen LogP contribution in [-0.2, 0) is 7.05 Å². The van der Waals surface area contributed by atoms with Crippen molar-refractivity contribution in [1.29, 1.82) is 0 Å². The highest BCUT2D eigenvalue weighted by molar-refractivity contribution is 5.51. The maximum absolute atomic E-state index is 11.4. The lowest BCUT2D eigenvalue weighted by molar-refractivity contribution is 0.800. The van der Waals surface area contributed by atoms with Crippen LogP contribution in [0.3, 0.4) is 0 Å². The van der Waals surface area contributed by atoms with E-state index in [1.54, 1.807) is 19.4 Å². The van der Waals surface area contributed by atoms with Crippen molar-refractivity contribution in [3.8, 4) is 11.4 Å². The zero-order chi connectivity index (χ0) is 12.1. The molecule has 0 aliphatic rings. The second kappa shape index (κ2) is 5.11. The molecule has 2 heterocycles. The summed E-state index contributed by atoms with van der Waals surface area (Å²) in [7, 11) is 1.56. The van der Waals surface area contributed by atoms with Gasteiger partial charge in [-0.05, 0) is 0 Å². The van der Waals surface area contributed by atoms with Gasteiger partial charge in [0.2, 0.25) is 0 Å². The van der Waals surface area contributed by atoms with E-state index >= 15 is 0 Å². The number of aryl methyl sites for hydroxylation is 1. The molecule has 0 bridgehead atoms. The number of H-pyrrole nitrogens is 2. The van der Waals surface area contributed by atoms with E-state index in [0.717, 1.165) is 0 Å². The molecule has 6 nitrogen and oxygen atoms in total. The van der Waals surface area contributed by atoms with Crippen molar-refractivity contribution in [3.05, 3.63) is 39.4 Å². The van der Waals surface area contributed by atoms with Gasteiger partial charge >= 0.3 is 5.69 Å². The maximum atomic E-state index is 11.4. The van der Waals surface area contributed by atoms with Gasteiger partial charge in [0, 0.05) is 25.6 Å². The van der Waals surface area contributed by atoms with Crippen molar-refractivity contribution in [1.82, 2.24) is 19.5 Å². The predicted molar refractivity (Wildman–Crippen MR) is 61.2 cm³/mol. The van der Waals surface area contributed by atoms with Crippen molar-refractivity contribution in [2.75, 3.05) is 0 Å². The van der Waals surface area contributed by atoms with E-state index in [2.05, 4.69) is 15.0 Å². The summed E-state index contributed by atoms with van der Waals surface area (Å²) in [4.78, 5) is 31.3. The Balaban J connectivity index is 0.000000606. The van der Waals surface area contributed by atoms with Gasteiger partial charge in [-0.2, -0.15) is 0 Å². The van der Waals surface area contributed by atoms with Crippen molar-refractivity contribution >= 4 is 0 Å². The monoisotopic (exact) mass is 222 g/mol. The van der Waals surface area contributed by atoms with E-state index < -0.39 is 11.2 Å². The predicted octanol–water partition coefficient (Wildman–Crippen LogP) is 0.490. The van der Waals surface area contributed by atoms with Gasteiger partial charge in [0.1, 0.15) is 5.82 Å². The number of aromatic amines is 2. The van der Waals surface area contributed by atoms with E-state index in [1.807, 2.05) is 13.8 Å². The second-order valence-corrected chi connectivity index (χ2v) is 2.85. The van der Waals surface area contributed by atoms with Crippen LogP contribution >= 0.6 is 0 Å². The number of imidazole rings is 1. The molecule has 6 heteroatoms. The molecule has 0 atom stereocenters. The molecule has 2 aromatic rings. The molecule has 0 aliphatic heterocycles. The van der Waals surface area contributed by atoms with Gasteiger partial charge in [0.25, 0.3) is 5.56 Å². The fourth-order valence-corrected chi connectivity index (χ4v) is 1.14. The number of hydrogen-bond acceptors (Lipinski definition) is 3. The van der Waals surface area contributed by atoms with Crippen LogP contribution in [0, 0.1) is 0 Å². The minimum Gasteiger partial charge on any atom is -0.344 e. The van der Waals surface area contributed by atoms with Gasteiger partial charge in [0.15, 0.2) is 0 Å². The molecular formula is C10H14N4O2. The Kier molecular flexibility index (Phi) is 3.82. The van der Waals surface area contributed by atoms with Crippen LogP contribution in [0.4, 0.5) is 0 Å². The van der Waals surface area contributed by atoms with E-state index in [4.69, 9.17) is 0 Å². The first-order valence-electron chi connectivity index (χ1n) is 4.98. The van der Waals surface area contributed by atoms with E-state index in [0.29, 0.717) is 11.4 Å². The fraction of sp³-hybridized carbons (Fsp3) is 0.300. The second-order valence-electron chi connectivity index (χ2n) is 2.85. The first kappa shape index (κ1) is 12.0. The molecule has 2 rings (SSSR count). The first-order chi connectivity index (χ1) is 7.68. The molecule has 0 aliphatic carbocycles. The van der Waals surface area contributed by atoms with Gasteiger partial charge in [-0.15, -0.1) is 0 Å². The molecule has 0 spiro atoms. The molecule has 86 valence electrons. The van der Waals surface area contributed by atoms with E-state index in [-0.39, 0.29) is 0 Å². The molecule has 2 N–H and O–H groups in total. The van der Waals surface area contributed by atoms with Crippen molar-refractivity contribution < 1.29 is 0 Å². The first-order valence-corrected chi connectivity index (χ1v) is 4.98. The standard InChI is InChI=1S/C8H8N4O2.C2H6/c1-12-4-5(6-9-2-3-10-6)7(13)11-8(12)14;1-2/h2-4H,1H3,(H,9,10)(H,11,13,14);1-2H3. The van der Waals surface area contributed by atoms with Crippen LogP contribution in [0.1, 0.15) is 13.8 Å². The average Bonchev–Trinajstić information content (AvgIpc) is 2.79. The van der Waals surface area contributed by atoms with Crippen LogP contribution in [0.5, 0.6) is 0 Å².